The predicted molar refractivity (Wildman–Crippen MR) is 83.4 cm³/mol. The molecule has 7 heteroatoms. The molecule has 0 aliphatic heterocycles. The Morgan fingerprint density at radius 1 is 1.05 bits per heavy atom. The number of halogens is 1. The molecule has 0 spiro atoms. The Kier molecular flexibility index (Phi) is 11.4. The lowest BCUT2D eigenvalue weighted by Gasteiger charge is -2.31. The zero-order valence-electron chi connectivity index (χ0n) is 12.5. The van der Waals surface area contributed by atoms with Crippen LogP contribution >= 0.6 is 11.8 Å². The molecule has 0 saturated carbocycles. The van der Waals surface area contributed by atoms with E-state index < -0.39 is 11.2 Å². The van der Waals surface area contributed by atoms with Crippen molar-refractivity contribution in [2.45, 2.75) is 43.8 Å². The van der Waals surface area contributed by atoms with Gasteiger partial charge in [0.05, 0.1) is 11.2 Å². The molecule has 0 unspecified atom stereocenters. The molecule has 0 heterocycles. The maximum absolute atomic E-state index is 12.6. The van der Waals surface area contributed by atoms with Crippen molar-refractivity contribution in [2.24, 2.45) is 0 Å². The number of hydrogen-bond donors (Lipinski definition) is 2. The highest BCUT2D eigenvalue weighted by Gasteiger charge is 2.31. The zero-order chi connectivity index (χ0) is 14.6. The second kappa shape index (κ2) is 9.36. The van der Waals surface area contributed by atoms with Crippen molar-refractivity contribution in [3.8, 4) is 0 Å². The molecule has 0 atom stereocenters. The van der Waals surface area contributed by atoms with Crippen LogP contribution in [0.2, 0.25) is 0 Å². The molecule has 0 aromatic heterocycles. The quantitative estimate of drug-likeness (QED) is 0.603. The van der Waals surface area contributed by atoms with Gasteiger partial charge in [-0.2, -0.15) is 0 Å². The summed E-state index contributed by atoms with van der Waals surface area (Å²) < 4.78 is 12.6. The molecule has 0 bridgehead atoms. The molecule has 116 valence electrons. The average molecular weight is 306 g/mol. The average Bonchev–Trinajstić information content (AvgIpc) is 2.20. The lowest BCUT2D eigenvalue weighted by molar-refractivity contribution is -0.107. The summed E-state index contributed by atoms with van der Waals surface area (Å²) in [6.07, 6.45) is 1.89. The van der Waals surface area contributed by atoms with E-state index in [0.717, 1.165) is 4.90 Å². The van der Waals surface area contributed by atoms with Gasteiger partial charge in [-0.3, -0.25) is 0 Å². The Bertz CT molecular complexity index is 377. The first-order chi connectivity index (χ1) is 7.99. The summed E-state index contributed by atoms with van der Waals surface area (Å²) in [5, 5.41) is 18.2. The van der Waals surface area contributed by atoms with Gasteiger partial charge < -0.3 is 21.2 Å². The maximum atomic E-state index is 12.6. The molecular weight excluding hydrogens is 282 g/mol. The first-order valence-corrected chi connectivity index (χ1v) is 6.75. The van der Waals surface area contributed by atoms with E-state index in [1.807, 2.05) is 6.26 Å². The summed E-state index contributed by atoms with van der Waals surface area (Å²) >= 11 is 1.50. The number of hydrogen-bond acceptors (Lipinski definition) is 3. The minimum Gasteiger partial charge on any atom is -0.412 e. The lowest BCUT2D eigenvalue weighted by atomic mass is 9.90. The highest BCUT2D eigenvalue weighted by molar-refractivity contribution is 7.98. The van der Waals surface area contributed by atoms with Crippen LogP contribution < -0.4 is 5.46 Å². The molecule has 0 fully saturated rings. The van der Waals surface area contributed by atoms with E-state index in [2.05, 4.69) is 0 Å². The van der Waals surface area contributed by atoms with E-state index in [0.29, 0.717) is 0 Å². The Morgan fingerprint density at radius 2 is 1.45 bits per heavy atom. The van der Waals surface area contributed by atoms with Crippen molar-refractivity contribution in [3.05, 3.63) is 24.0 Å². The zero-order valence-corrected chi connectivity index (χ0v) is 13.3. The highest BCUT2D eigenvalue weighted by atomic mass is 32.2. The number of rotatable bonds is 2. The number of thioether (sulfide) groups is 1. The monoisotopic (exact) mass is 306 g/mol. The van der Waals surface area contributed by atoms with E-state index in [-0.39, 0.29) is 22.2 Å². The van der Waals surface area contributed by atoms with Gasteiger partial charge in [0.2, 0.25) is 0 Å². The van der Waals surface area contributed by atoms with Crippen LogP contribution in [0, 0.1) is 5.82 Å². The molecule has 1 aromatic carbocycles. The van der Waals surface area contributed by atoms with Crippen molar-refractivity contribution in [1.82, 2.24) is 0 Å². The molecule has 0 aliphatic carbocycles. The first kappa shape index (κ1) is 24.4. The van der Waals surface area contributed by atoms with Crippen LogP contribution in [0.5, 0.6) is 0 Å². The van der Waals surface area contributed by atoms with Crippen molar-refractivity contribution in [3.63, 3.8) is 0 Å². The second-order valence-electron chi connectivity index (χ2n) is 5.01. The largest absolute Gasteiger partial charge is 0.412 e. The van der Waals surface area contributed by atoms with Crippen LogP contribution in [-0.2, 0) is 0 Å². The van der Waals surface area contributed by atoms with Crippen LogP contribution in [0.3, 0.4) is 0 Å². The number of benzene rings is 1. The molecular formula is C13H24BFO4S. The van der Waals surface area contributed by atoms with Crippen LogP contribution in [0.4, 0.5) is 4.39 Å². The summed E-state index contributed by atoms with van der Waals surface area (Å²) in [6, 6.07) is 4.80. The second-order valence-corrected chi connectivity index (χ2v) is 5.89. The van der Waals surface area contributed by atoms with E-state index >= 15 is 0 Å². The van der Waals surface area contributed by atoms with Crippen LogP contribution in [0.1, 0.15) is 27.7 Å². The fourth-order valence-electron chi connectivity index (χ4n) is 0.635. The minimum atomic E-state index is -1.01. The van der Waals surface area contributed by atoms with E-state index in [1.165, 1.54) is 17.8 Å². The summed E-state index contributed by atoms with van der Waals surface area (Å²) in [4.78, 5) is 0.895. The minimum absolute atomic E-state index is 0. The van der Waals surface area contributed by atoms with Crippen LogP contribution in [-0.4, -0.2) is 46.5 Å². The van der Waals surface area contributed by atoms with Gasteiger partial charge in [-0.15, -0.1) is 11.8 Å². The lowest BCUT2D eigenvalue weighted by Crippen LogP contribution is -2.44. The highest BCUT2D eigenvalue weighted by Crippen LogP contribution is 2.19. The third-order valence-electron chi connectivity index (χ3n) is 2.70. The van der Waals surface area contributed by atoms with E-state index in [1.54, 1.807) is 39.8 Å². The van der Waals surface area contributed by atoms with Crippen LogP contribution in [0.15, 0.2) is 23.1 Å². The molecule has 6 N–H and O–H groups in total. The molecule has 1 rings (SSSR count). The fourth-order valence-corrected chi connectivity index (χ4v) is 1.06. The maximum Gasteiger partial charge on any atom is 0.117 e. The van der Waals surface area contributed by atoms with Gasteiger partial charge in [-0.25, -0.2) is 4.39 Å². The van der Waals surface area contributed by atoms with Crippen molar-refractivity contribution < 1.29 is 25.6 Å². The Hall–Kier alpha value is -0.595. The van der Waals surface area contributed by atoms with Crippen molar-refractivity contribution in [1.29, 1.82) is 0 Å². The Balaban J connectivity index is -0.000000269. The summed E-state index contributed by atoms with van der Waals surface area (Å²) in [6.45, 7) is 6.31. The molecule has 2 radical (unpaired) electrons. The van der Waals surface area contributed by atoms with Gasteiger partial charge >= 0.3 is 0 Å². The summed E-state index contributed by atoms with van der Waals surface area (Å²) in [7, 11) is 5.26. The van der Waals surface area contributed by atoms with Gasteiger partial charge in [0.1, 0.15) is 13.7 Å². The van der Waals surface area contributed by atoms with Gasteiger partial charge in [0.25, 0.3) is 0 Å². The van der Waals surface area contributed by atoms with Gasteiger partial charge in [-0.05, 0) is 46.1 Å². The van der Waals surface area contributed by atoms with Gasteiger partial charge in [0.15, 0.2) is 0 Å². The van der Waals surface area contributed by atoms with Crippen molar-refractivity contribution >= 4 is 25.1 Å². The standard InChI is InChI=1S/C7H6BFS.C6H14O2.2H2O/c1-10-5-2-3-6(8)7(9)4-5;1-5(2,7)6(3,4)8;;/h2-4H,1H3;7-8H,1-4H3;2*1H2. The topological polar surface area (TPSA) is 103 Å². The van der Waals surface area contributed by atoms with Gasteiger partial charge in [0, 0.05) is 4.90 Å². The van der Waals surface area contributed by atoms with Crippen molar-refractivity contribution in [2.75, 3.05) is 6.26 Å². The third-order valence-corrected chi connectivity index (χ3v) is 3.43. The molecule has 0 amide bonds. The van der Waals surface area contributed by atoms with E-state index in [4.69, 9.17) is 18.1 Å². The van der Waals surface area contributed by atoms with Gasteiger partial charge in [-0.1, -0.05) is 11.5 Å². The number of aliphatic hydroxyl groups is 2. The third kappa shape index (κ3) is 8.55. The fraction of sp³-hybridized carbons (Fsp3) is 0.538. The van der Waals surface area contributed by atoms with E-state index in [9.17, 15) is 4.39 Å². The molecule has 1 aromatic rings. The SMILES string of the molecule is CC(C)(O)C(C)(C)O.O.O.[B]c1ccc(SC)cc1F. The normalized spacial score (nSPS) is 10.6. The van der Waals surface area contributed by atoms with Crippen LogP contribution in [0.25, 0.3) is 0 Å². The summed E-state index contributed by atoms with van der Waals surface area (Å²) in [5.41, 5.74) is -1.81. The predicted octanol–water partition coefficient (Wildman–Crippen LogP) is 0.220. The molecule has 20 heavy (non-hydrogen) atoms. The smallest absolute Gasteiger partial charge is 0.117 e. The molecule has 4 nitrogen and oxygen atoms in total. The molecule has 0 saturated heterocycles. The Morgan fingerprint density at radius 3 is 1.70 bits per heavy atom. The first-order valence-electron chi connectivity index (χ1n) is 5.53. The summed E-state index contributed by atoms with van der Waals surface area (Å²) in [5.74, 6) is -0.341. The molecule has 0 aliphatic rings. The Labute approximate surface area is 125 Å².